The van der Waals surface area contributed by atoms with Crippen LogP contribution in [0.2, 0.25) is 0 Å². The highest BCUT2D eigenvalue weighted by molar-refractivity contribution is 7.98. The summed E-state index contributed by atoms with van der Waals surface area (Å²) in [5, 5.41) is 0. The van der Waals surface area contributed by atoms with Gasteiger partial charge in [0.15, 0.2) is 0 Å². The third-order valence-corrected chi connectivity index (χ3v) is 7.04. The van der Waals surface area contributed by atoms with Gasteiger partial charge in [-0.25, -0.2) is 8.42 Å². The fourth-order valence-electron chi connectivity index (χ4n) is 3.43. The Hall–Kier alpha value is -1.99. The van der Waals surface area contributed by atoms with Crippen LogP contribution in [0.25, 0.3) is 0 Å². The number of hydrogen-bond donors (Lipinski definition) is 1. The first kappa shape index (κ1) is 20.7. The van der Waals surface area contributed by atoms with Crippen molar-refractivity contribution < 1.29 is 13.2 Å². The lowest BCUT2D eigenvalue weighted by atomic mass is 9.87. The zero-order chi connectivity index (χ0) is 20.7. The van der Waals surface area contributed by atoms with Gasteiger partial charge in [-0.15, -0.1) is 11.8 Å². The van der Waals surface area contributed by atoms with Crippen LogP contribution < -0.4 is 9.62 Å². The van der Waals surface area contributed by atoms with Crippen LogP contribution in [0.4, 0.5) is 11.4 Å². The molecule has 0 unspecified atom stereocenters. The molecule has 28 heavy (non-hydrogen) atoms. The van der Waals surface area contributed by atoms with E-state index in [2.05, 4.69) is 4.72 Å². The van der Waals surface area contributed by atoms with Crippen LogP contribution in [0.15, 0.2) is 52.3 Å². The zero-order valence-corrected chi connectivity index (χ0v) is 18.4. The Morgan fingerprint density at radius 3 is 2.54 bits per heavy atom. The molecule has 5 nitrogen and oxygen atoms in total. The summed E-state index contributed by atoms with van der Waals surface area (Å²) in [6.07, 6.45) is 1.94. The molecule has 1 aliphatic heterocycles. The van der Waals surface area contributed by atoms with E-state index in [0.29, 0.717) is 12.2 Å². The van der Waals surface area contributed by atoms with Crippen molar-refractivity contribution in [3.8, 4) is 0 Å². The predicted octanol–water partition coefficient (Wildman–Crippen LogP) is 4.49. The first-order valence-electron chi connectivity index (χ1n) is 9.18. The van der Waals surface area contributed by atoms with E-state index < -0.39 is 10.0 Å². The minimum atomic E-state index is -3.73. The largest absolute Gasteiger partial charge is 0.311 e. The number of fused-ring (bicyclic) bond motifs is 1. The standard InChI is InChI=1S/C21H26N2O3S2/c1-14(2)20(24)23-13-21(3,4)18-12-17(9-10-19(18)23)28(25,26)22-15-7-6-8-16(11-15)27-5/h6-12,14,22H,13H2,1-5H3. The first-order chi connectivity index (χ1) is 13.0. The van der Waals surface area contributed by atoms with Gasteiger partial charge >= 0.3 is 0 Å². The molecule has 1 N–H and O–H groups in total. The number of rotatable bonds is 5. The van der Waals surface area contributed by atoms with E-state index in [1.165, 1.54) is 0 Å². The van der Waals surface area contributed by atoms with Gasteiger partial charge in [0.25, 0.3) is 10.0 Å². The quantitative estimate of drug-likeness (QED) is 0.727. The molecule has 0 saturated heterocycles. The van der Waals surface area contributed by atoms with Crippen LogP contribution >= 0.6 is 11.8 Å². The number of carbonyl (C=O) groups excluding carboxylic acids is 1. The highest BCUT2D eigenvalue weighted by Crippen LogP contribution is 2.42. The molecule has 3 rings (SSSR count). The smallest absolute Gasteiger partial charge is 0.261 e. The number of thioether (sulfide) groups is 1. The summed E-state index contributed by atoms with van der Waals surface area (Å²) in [7, 11) is -3.73. The molecule has 150 valence electrons. The molecule has 1 aliphatic rings. The number of sulfonamides is 1. The van der Waals surface area contributed by atoms with Crippen molar-refractivity contribution in [3.05, 3.63) is 48.0 Å². The maximum Gasteiger partial charge on any atom is 0.261 e. The summed E-state index contributed by atoms with van der Waals surface area (Å²) in [6.45, 7) is 8.36. The number of hydrogen-bond acceptors (Lipinski definition) is 4. The molecule has 0 bridgehead atoms. The molecule has 7 heteroatoms. The molecule has 0 aromatic heterocycles. The first-order valence-corrected chi connectivity index (χ1v) is 11.9. The maximum absolute atomic E-state index is 12.9. The van der Waals surface area contributed by atoms with Crippen LogP contribution in [0, 0.1) is 5.92 Å². The second-order valence-electron chi connectivity index (χ2n) is 7.98. The van der Waals surface area contributed by atoms with Gasteiger partial charge in [-0.3, -0.25) is 9.52 Å². The van der Waals surface area contributed by atoms with Gasteiger partial charge in [-0.1, -0.05) is 33.8 Å². The molecular formula is C21H26N2O3S2. The highest BCUT2D eigenvalue weighted by atomic mass is 32.2. The van der Waals surface area contributed by atoms with Gasteiger partial charge in [0.1, 0.15) is 0 Å². The summed E-state index contributed by atoms with van der Waals surface area (Å²) in [6, 6.07) is 12.3. The van der Waals surface area contributed by atoms with Crippen molar-refractivity contribution in [2.75, 3.05) is 22.4 Å². The monoisotopic (exact) mass is 418 g/mol. The van der Waals surface area contributed by atoms with E-state index in [9.17, 15) is 13.2 Å². The summed E-state index contributed by atoms with van der Waals surface area (Å²) >= 11 is 1.55. The average molecular weight is 419 g/mol. The van der Waals surface area contributed by atoms with Crippen molar-refractivity contribution >= 4 is 39.1 Å². The Balaban J connectivity index is 1.97. The van der Waals surface area contributed by atoms with Gasteiger partial charge in [0.05, 0.1) is 4.90 Å². The van der Waals surface area contributed by atoms with E-state index in [1.807, 2.05) is 52.1 Å². The molecule has 2 aromatic carbocycles. The fraction of sp³-hybridized carbons (Fsp3) is 0.381. The molecular weight excluding hydrogens is 392 g/mol. The normalized spacial score (nSPS) is 15.6. The molecule has 2 aromatic rings. The van der Waals surface area contributed by atoms with E-state index >= 15 is 0 Å². The molecule has 0 radical (unpaired) electrons. The minimum absolute atomic E-state index is 0.0504. The number of nitrogens with zero attached hydrogens (tertiary/aromatic N) is 1. The lowest BCUT2D eigenvalue weighted by molar-refractivity contribution is -0.121. The van der Waals surface area contributed by atoms with Crippen molar-refractivity contribution in [1.29, 1.82) is 0 Å². The summed E-state index contributed by atoms with van der Waals surface area (Å²) in [5.41, 5.74) is 1.89. The summed E-state index contributed by atoms with van der Waals surface area (Å²) in [4.78, 5) is 15.5. The predicted molar refractivity (Wildman–Crippen MR) is 116 cm³/mol. The number of nitrogens with one attached hydrogen (secondary N) is 1. The summed E-state index contributed by atoms with van der Waals surface area (Å²) < 4.78 is 28.5. The second-order valence-corrected chi connectivity index (χ2v) is 10.5. The van der Waals surface area contributed by atoms with Crippen LogP contribution in [-0.2, 0) is 20.2 Å². The fourth-order valence-corrected chi connectivity index (χ4v) is 4.97. The number of amides is 1. The van der Waals surface area contributed by atoms with Crippen LogP contribution in [-0.4, -0.2) is 27.1 Å². The van der Waals surface area contributed by atoms with E-state index in [1.54, 1.807) is 40.9 Å². The van der Waals surface area contributed by atoms with Gasteiger partial charge in [0, 0.05) is 34.1 Å². The molecule has 0 saturated carbocycles. The third-order valence-electron chi connectivity index (χ3n) is 4.93. The van der Waals surface area contributed by atoms with Gasteiger partial charge in [0.2, 0.25) is 5.91 Å². The molecule has 0 aliphatic carbocycles. The Kier molecular flexibility index (Phi) is 5.51. The molecule has 0 fully saturated rings. The van der Waals surface area contributed by atoms with Crippen molar-refractivity contribution in [2.24, 2.45) is 5.92 Å². The van der Waals surface area contributed by atoms with Crippen LogP contribution in [0.1, 0.15) is 33.3 Å². The van der Waals surface area contributed by atoms with E-state index in [0.717, 1.165) is 16.1 Å². The Morgan fingerprint density at radius 2 is 1.89 bits per heavy atom. The van der Waals surface area contributed by atoms with E-state index in [4.69, 9.17) is 0 Å². The average Bonchev–Trinajstić information content (AvgIpc) is 2.91. The minimum Gasteiger partial charge on any atom is -0.311 e. The maximum atomic E-state index is 12.9. The molecule has 1 heterocycles. The number of carbonyl (C=O) groups is 1. The molecule has 1 amide bonds. The number of benzene rings is 2. The molecule has 0 spiro atoms. The second kappa shape index (κ2) is 7.44. The Labute approximate surface area is 171 Å². The van der Waals surface area contributed by atoms with Crippen molar-refractivity contribution in [3.63, 3.8) is 0 Å². The van der Waals surface area contributed by atoms with E-state index in [-0.39, 0.29) is 22.1 Å². The lowest BCUT2D eigenvalue weighted by Crippen LogP contribution is -2.36. The Bertz CT molecular complexity index is 1010. The van der Waals surface area contributed by atoms with Crippen LogP contribution in [0.5, 0.6) is 0 Å². The lowest BCUT2D eigenvalue weighted by Gasteiger charge is -2.22. The van der Waals surface area contributed by atoms with Gasteiger partial charge < -0.3 is 4.90 Å². The van der Waals surface area contributed by atoms with Crippen molar-refractivity contribution in [2.45, 2.75) is 42.9 Å². The summed E-state index contributed by atoms with van der Waals surface area (Å²) in [5.74, 6) is -0.0648. The highest BCUT2D eigenvalue weighted by Gasteiger charge is 2.39. The zero-order valence-electron chi connectivity index (χ0n) is 16.8. The third kappa shape index (κ3) is 3.91. The topological polar surface area (TPSA) is 66.5 Å². The SMILES string of the molecule is CSc1cccc(NS(=O)(=O)c2ccc3c(c2)C(C)(C)CN3C(=O)C(C)C)c1. The van der Waals surface area contributed by atoms with Gasteiger partial charge in [-0.05, 0) is 48.2 Å². The van der Waals surface area contributed by atoms with Gasteiger partial charge in [-0.2, -0.15) is 0 Å². The van der Waals surface area contributed by atoms with Crippen molar-refractivity contribution in [1.82, 2.24) is 0 Å². The molecule has 0 atom stereocenters. The Morgan fingerprint density at radius 1 is 1.18 bits per heavy atom. The van der Waals surface area contributed by atoms with Crippen LogP contribution in [0.3, 0.4) is 0 Å². The number of anilines is 2.